The molecular formula is C67H120N14O13. The molecule has 1 fully saturated rings. The van der Waals surface area contributed by atoms with Gasteiger partial charge in [0.2, 0.25) is 65.0 Å². The fraction of sp³-hybridized carbons (Fsp3) is 0.806. The van der Waals surface area contributed by atoms with E-state index in [1.54, 1.807) is 81.4 Å². The Bertz CT molecular complexity index is 2610. The first-order valence-electron chi connectivity index (χ1n) is 33.8. The van der Waals surface area contributed by atoms with Crippen LogP contribution < -0.4 is 21.3 Å². The Labute approximate surface area is 560 Å². The number of carbonyl (C=O) groups is 11. The van der Waals surface area contributed by atoms with Gasteiger partial charge in [0.1, 0.15) is 66.5 Å². The van der Waals surface area contributed by atoms with E-state index < -0.39 is 161 Å². The summed E-state index contributed by atoms with van der Waals surface area (Å²) in [4.78, 5) is 176. The lowest BCUT2D eigenvalue weighted by molar-refractivity contribution is -0.157. The summed E-state index contributed by atoms with van der Waals surface area (Å²) in [6.07, 6.45) is 2.28. The molecule has 5 N–H and O–H groups in total. The van der Waals surface area contributed by atoms with E-state index in [4.69, 9.17) is 10.3 Å². The summed E-state index contributed by atoms with van der Waals surface area (Å²) in [5, 5.41) is 26.8. The van der Waals surface area contributed by atoms with Crippen LogP contribution in [0.4, 0.5) is 0 Å². The minimum Gasteiger partial charge on any atom is -0.390 e. The van der Waals surface area contributed by atoms with E-state index in [1.165, 1.54) is 85.5 Å². The van der Waals surface area contributed by atoms with Crippen LogP contribution in [0.1, 0.15) is 176 Å². The largest absolute Gasteiger partial charge is 0.390 e. The number of likely N-dealkylation sites (N-methyl/N-ethyl adjacent to an activating group) is 6. The van der Waals surface area contributed by atoms with Crippen molar-refractivity contribution in [1.29, 1.82) is 0 Å². The van der Waals surface area contributed by atoms with Crippen molar-refractivity contribution in [2.24, 2.45) is 40.6 Å². The summed E-state index contributed by atoms with van der Waals surface area (Å²) >= 11 is 0. The molecule has 0 aromatic heterocycles. The molecule has 0 radical (unpaired) electrons. The molecule has 27 nitrogen and oxygen atoms in total. The van der Waals surface area contributed by atoms with Gasteiger partial charge in [0.25, 0.3) is 0 Å². The second-order valence-electron chi connectivity index (χ2n) is 27.4. The third kappa shape index (κ3) is 23.8. The standard InChI is InChI=1S/C67H120N14O13/c1-25-31-43(15)56(82)55-60(86)72-47(27-3)62(88)81(33-26-2)48(28-4)63(89)79(23)54(46(18)94-34-30-29-32-69-74-68)59(85)73-52(41(11)12)66(92)75(19)49(35-38(5)6)58(84)70-44(16)57(83)71-45(17)61(87)76(20)50(36-39(7)8)64(90)77(21)51(37-40(9)10)65(91)78(22)53(42(13)14)67(93)80(55)24/h25,31,38-56,82H,26-30,32-37H2,1-24H3,(H,70,84)(H,71,83)(H,72,86)(H,73,85)/b31-25+/t43-,44+,45-,46-,47+,48-,49+,50+,51+,52+,53+,54?,55+,56-/m1/s1. The lowest BCUT2D eigenvalue weighted by atomic mass is 9.93. The van der Waals surface area contributed by atoms with Crippen molar-refractivity contribution in [3.63, 3.8) is 0 Å². The van der Waals surface area contributed by atoms with Crippen molar-refractivity contribution in [2.75, 3.05) is 62.0 Å². The lowest BCUT2D eigenvalue weighted by Crippen LogP contribution is -2.64. The number of aliphatic hydroxyl groups is 1. The average Bonchev–Trinajstić information content (AvgIpc) is 0.809. The smallest absolute Gasteiger partial charge is 0.246 e. The third-order valence-corrected chi connectivity index (χ3v) is 17.5. The molecule has 14 atom stereocenters. The van der Waals surface area contributed by atoms with E-state index >= 15 is 33.6 Å². The summed E-state index contributed by atoms with van der Waals surface area (Å²) in [6, 6.07) is -14.4. The Balaban J connectivity index is 4.56. The molecule has 1 heterocycles. The highest BCUT2D eigenvalue weighted by Gasteiger charge is 2.47. The van der Waals surface area contributed by atoms with E-state index in [2.05, 4.69) is 31.3 Å². The van der Waals surface area contributed by atoms with Crippen LogP contribution in [-0.2, 0) is 57.5 Å². The van der Waals surface area contributed by atoms with Crippen LogP contribution in [0.5, 0.6) is 0 Å². The Morgan fingerprint density at radius 1 is 0.521 bits per heavy atom. The van der Waals surface area contributed by atoms with Gasteiger partial charge in [-0.2, -0.15) is 0 Å². The zero-order chi connectivity index (χ0) is 72.5. The van der Waals surface area contributed by atoms with Gasteiger partial charge in [0.05, 0.1) is 12.2 Å². The zero-order valence-electron chi connectivity index (χ0n) is 61.2. The van der Waals surface area contributed by atoms with Gasteiger partial charge in [0, 0.05) is 72.8 Å². The molecule has 0 aliphatic carbocycles. The molecule has 0 bridgehead atoms. The first-order chi connectivity index (χ1) is 43.8. The minimum absolute atomic E-state index is 0.00629. The predicted octanol–water partition coefficient (Wildman–Crippen LogP) is 4.89. The number of carbonyl (C=O) groups excluding carboxylic acids is 11. The second kappa shape index (κ2) is 40.5. The normalized spacial score (nSPS) is 26.4. The fourth-order valence-corrected chi connectivity index (χ4v) is 12.0. The van der Waals surface area contributed by atoms with Crippen LogP contribution in [0.3, 0.4) is 0 Å². The Morgan fingerprint density at radius 3 is 1.47 bits per heavy atom. The predicted molar refractivity (Wildman–Crippen MR) is 361 cm³/mol. The number of hydrogen-bond acceptors (Lipinski definition) is 14. The topological polar surface area (TPSA) is 337 Å². The number of rotatable bonds is 22. The molecule has 1 rings (SSSR count). The Kier molecular flexibility index (Phi) is 36.7. The average molecular weight is 1330 g/mol. The van der Waals surface area contributed by atoms with Crippen molar-refractivity contribution in [3.05, 3.63) is 22.6 Å². The van der Waals surface area contributed by atoms with E-state index in [0.29, 0.717) is 19.3 Å². The molecule has 27 heteroatoms. The molecule has 0 aromatic carbocycles. The van der Waals surface area contributed by atoms with E-state index in [1.807, 2.05) is 41.5 Å². The van der Waals surface area contributed by atoms with E-state index in [-0.39, 0.29) is 69.6 Å². The molecule has 1 aliphatic rings. The number of allylic oxidation sites excluding steroid dienone is 1. The van der Waals surface area contributed by atoms with Crippen LogP contribution >= 0.6 is 0 Å². The van der Waals surface area contributed by atoms with Gasteiger partial charge in [-0.05, 0) is 114 Å². The van der Waals surface area contributed by atoms with Crippen molar-refractivity contribution >= 4 is 65.0 Å². The third-order valence-electron chi connectivity index (χ3n) is 17.5. The molecule has 536 valence electrons. The minimum atomic E-state index is -1.67. The van der Waals surface area contributed by atoms with Crippen molar-refractivity contribution < 1.29 is 62.6 Å². The van der Waals surface area contributed by atoms with Gasteiger partial charge in [0.15, 0.2) is 0 Å². The summed E-state index contributed by atoms with van der Waals surface area (Å²) < 4.78 is 6.23. The highest BCUT2D eigenvalue weighted by molar-refractivity contribution is 6.00. The summed E-state index contributed by atoms with van der Waals surface area (Å²) in [5.74, 6) is -10.3. The SMILES string of the molecule is C/C=C/[C@@H](C)[C@@H](O)[C@H]1C(=O)N[C@@H](CC)C(=O)N(CCC)[C@H](CC)C(=O)N(C)C([C@@H](C)OCCCCN=[N+]=[N-])C(=O)N[C@@H](C(C)C)C(=O)N(C)[C@@H](CC(C)C)C(=O)N[C@@H](C)C(=O)N[C@H](C)C(=O)N(C)[C@@H](CC(C)C)C(=O)N(C)[C@@H](CC(C)C)C(=O)N(C)[C@@H](C(C)C)C(=O)N1C. The molecule has 1 unspecified atom stereocenters. The van der Waals surface area contributed by atoms with Gasteiger partial charge < -0.3 is 65.4 Å². The molecule has 0 saturated carbocycles. The van der Waals surface area contributed by atoms with Crippen LogP contribution in [0.15, 0.2) is 17.3 Å². The summed E-state index contributed by atoms with van der Waals surface area (Å²) in [7, 11) is 8.45. The molecule has 94 heavy (non-hydrogen) atoms. The number of ether oxygens (including phenoxy) is 1. The van der Waals surface area contributed by atoms with Crippen molar-refractivity contribution in [1.82, 2.24) is 55.6 Å². The maximum atomic E-state index is 15.3. The van der Waals surface area contributed by atoms with E-state index in [0.717, 1.165) is 4.90 Å². The number of aliphatic hydroxyl groups excluding tert-OH is 1. The van der Waals surface area contributed by atoms with Gasteiger partial charge in [-0.15, -0.1) is 0 Å². The van der Waals surface area contributed by atoms with Crippen molar-refractivity contribution in [2.45, 2.75) is 255 Å². The number of unbranched alkanes of at least 4 members (excludes halogenated alkanes) is 1. The van der Waals surface area contributed by atoms with Gasteiger partial charge in [-0.3, -0.25) is 52.7 Å². The maximum Gasteiger partial charge on any atom is 0.246 e. The first-order valence-corrected chi connectivity index (χ1v) is 33.8. The number of hydrogen-bond donors (Lipinski definition) is 5. The molecule has 1 saturated heterocycles. The lowest BCUT2D eigenvalue weighted by Gasteiger charge is -2.41. The van der Waals surface area contributed by atoms with E-state index in [9.17, 15) is 24.3 Å². The number of azide groups is 1. The Hall–Kier alpha value is -6.86. The summed E-state index contributed by atoms with van der Waals surface area (Å²) in [5.41, 5.74) is 8.84. The number of nitrogens with zero attached hydrogens (tertiary/aromatic N) is 10. The highest BCUT2D eigenvalue weighted by Crippen LogP contribution is 2.26. The van der Waals surface area contributed by atoms with Gasteiger partial charge in [-0.1, -0.05) is 114 Å². The van der Waals surface area contributed by atoms with Crippen LogP contribution in [0.2, 0.25) is 0 Å². The zero-order valence-corrected chi connectivity index (χ0v) is 61.2. The van der Waals surface area contributed by atoms with Crippen LogP contribution in [0, 0.1) is 35.5 Å². The molecule has 11 amide bonds. The molecular weight excluding hydrogens is 1210 g/mol. The Morgan fingerprint density at radius 2 is 0.989 bits per heavy atom. The summed E-state index contributed by atoms with van der Waals surface area (Å²) in [6.45, 7) is 31.2. The van der Waals surface area contributed by atoms with Gasteiger partial charge in [-0.25, -0.2) is 0 Å². The fourth-order valence-electron chi connectivity index (χ4n) is 12.0. The van der Waals surface area contributed by atoms with Crippen LogP contribution in [0.25, 0.3) is 10.4 Å². The van der Waals surface area contributed by atoms with Crippen LogP contribution in [-0.4, -0.2) is 245 Å². The molecule has 1 aliphatic heterocycles. The van der Waals surface area contributed by atoms with Gasteiger partial charge >= 0.3 is 0 Å². The quantitative estimate of drug-likeness (QED) is 0.0317. The first kappa shape index (κ1) is 85.2. The second-order valence-corrected chi connectivity index (χ2v) is 27.4. The monoisotopic (exact) mass is 1330 g/mol. The maximum absolute atomic E-state index is 15.3. The molecule has 0 aromatic rings. The molecule has 0 spiro atoms. The number of nitrogens with one attached hydrogen (secondary N) is 4. The number of amides is 11. The van der Waals surface area contributed by atoms with Crippen molar-refractivity contribution in [3.8, 4) is 0 Å². The highest BCUT2D eigenvalue weighted by atomic mass is 16.5.